The topological polar surface area (TPSA) is 24.5 Å². The zero-order chi connectivity index (χ0) is 15.6. The number of ether oxygens (including phenoxy) is 1. The van der Waals surface area contributed by atoms with Gasteiger partial charge in [-0.15, -0.1) is 0 Å². The van der Waals surface area contributed by atoms with E-state index in [-0.39, 0.29) is 0 Å². The second kappa shape index (κ2) is 6.34. The van der Waals surface area contributed by atoms with Gasteiger partial charge in [0.15, 0.2) is 0 Å². The summed E-state index contributed by atoms with van der Waals surface area (Å²) < 4.78 is 5.48. The Morgan fingerprint density at radius 3 is 2.70 bits per heavy atom. The first kappa shape index (κ1) is 14.7. The summed E-state index contributed by atoms with van der Waals surface area (Å²) >= 11 is 0. The molecular formula is C20H24N2O. The standard InChI is InChI=1S/C20H24N2O/c1-23-18-10-6-5-9-16(18)13-21-19-17-11-12-22(14-17)20(19)15-7-3-2-4-8-15/h2-10,17,19-21H,11-14H2,1H3/t17-,19-,20+/m0/s1. The molecule has 2 aromatic rings. The Balaban J connectivity index is 1.53. The number of para-hydroxylation sites is 1. The van der Waals surface area contributed by atoms with E-state index in [2.05, 4.69) is 52.7 Å². The number of hydrogen-bond donors (Lipinski definition) is 1. The van der Waals surface area contributed by atoms with Crippen LogP contribution in [0.25, 0.3) is 0 Å². The summed E-state index contributed by atoms with van der Waals surface area (Å²) in [5.74, 6) is 1.73. The minimum Gasteiger partial charge on any atom is -0.496 e. The summed E-state index contributed by atoms with van der Waals surface area (Å²) in [4.78, 5) is 2.64. The highest BCUT2D eigenvalue weighted by atomic mass is 16.5. The van der Waals surface area contributed by atoms with Crippen LogP contribution in [0.2, 0.25) is 0 Å². The number of nitrogens with zero attached hydrogens (tertiary/aromatic N) is 1. The fourth-order valence-corrected chi connectivity index (χ4v) is 4.27. The number of hydrogen-bond acceptors (Lipinski definition) is 3. The summed E-state index contributed by atoms with van der Waals surface area (Å²) in [5.41, 5.74) is 2.67. The summed E-state index contributed by atoms with van der Waals surface area (Å²) in [6, 6.07) is 20.3. The van der Waals surface area contributed by atoms with Crippen molar-refractivity contribution < 1.29 is 4.74 Å². The minimum atomic E-state index is 0.504. The molecule has 4 atom stereocenters. The molecule has 3 heteroatoms. The Hall–Kier alpha value is -1.84. The number of rotatable bonds is 5. The first-order valence-electron chi connectivity index (χ1n) is 8.51. The van der Waals surface area contributed by atoms with Gasteiger partial charge in [-0.3, -0.25) is 4.90 Å². The highest BCUT2D eigenvalue weighted by Crippen LogP contribution is 2.42. The van der Waals surface area contributed by atoms with Crippen molar-refractivity contribution in [3.8, 4) is 5.75 Å². The van der Waals surface area contributed by atoms with Crippen LogP contribution in [0.15, 0.2) is 54.6 Å². The molecule has 0 spiro atoms. The average Bonchev–Trinajstić information content (AvgIpc) is 3.22. The zero-order valence-corrected chi connectivity index (χ0v) is 13.6. The molecule has 2 heterocycles. The van der Waals surface area contributed by atoms with Crippen LogP contribution in [0.5, 0.6) is 5.75 Å². The van der Waals surface area contributed by atoms with Crippen molar-refractivity contribution >= 4 is 0 Å². The van der Waals surface area contributed by atoms with Crippen LogP contribution in [0.1, 0.15) is 23.6 Å². The van der Waals surface area contributed by atoms with E-state index in [0.29, 0.717) is 12.1 Å². The smallest absolute Gasteiger partial charge is 0.123 e. The number of nitrogens with one attached hydrogen (secondary N) is 1. The lowest BCUT2D eigenvalue weighted by molar-refractivity contribution is 0.217. The van der Waals surface area contributed by atoms with Crippen LogP contribution >= 0.6 is 0 Å². The summed E-state index contributed by atoms with van der Waals surface area (Å²) in [6.07, 6.45) is 1.31. The van der Waals surface area contributed by atoms with Gasteiger partial charge in [-0.05, 0) is 30.5 Å². The second-order valence-electron chi connectivity index (χ2n) is 6.62. The van der Waals surface area contributed by atoms with Gasteiger partial charge in [0.05, 0.1) is 13.2 Å². The van der Waals surface area contributed by atoms with Crippen molar-refractivity contribution in [1.29, 1.82) is 0 Å². The summed E-state index contributed by atoms with van der Waals surface area (Å²) in [6.45, 7) is 3.32. The third kappa shape index (κ3) is 2.75. The van der Waals surface area contributed by atoms with E-state index in [9.17, 15) is 0 Å². The molecule has 4 rings (SSSR count). The molecule has 0 aliphatic carbocycles. The lowest BCUT2D eigenvalue weighted by Crippen LogP contribution is -2.42. The number of piperidine rings is 1. The predicted octanol–water partition coefficient (Wildman–Crippen LogP) is 3.23. The number of methoxy groups -OCH3 is 1. The monoisotopic (exact) mass is 308 g/mol. The van der Waals surface area contributed by atoms with E-state index >= 15 is 0 Å². The second-order valence-corrected chi connectivity index (χ2v) is 6.62. The summed E-state index contributed by atoms with van der Waals surface area (Å²) in [7, 11) is 1.74. The maximum Gasteiger partial charge on any atom is 0.123 e. The molecule has 2 fully saturated rings. The lowest BCUT2D eigenvalue weighted by atomic mass is 9.89. The Labute approximate surface area is 138 Å². The molecule has 3 nitrogen and oxygen atoms in total. The molecule has 0 aromatic heterocycles. The Morgan fingerprint density at radius 2 is 1.87 bits per heavy atom. The first-order chi connectivity index (χ1) is 11.4. The van der Waals surface area contributed by atoms with Crippen LogP contribution in [-0.4, -0.2) is 31.1 Å². The van der Waals surface area contributed by atoms with Crippen LogP contribution in [0, 0.1) is 5.92 Å². The number of benzene rings is 2. The van der Waals surface area contributed by atoms with Crippen molar-refractivity contribution in [3.05, 3.63) is 65.7 Å². The minimum absolute atomic E-state index is 0.504. The van der Waals surface area contributed by atoms with Gasteiger partial charge in [-0.1, -0.05) is 48.5 Å². The van der Waals surface area contributed by atoms with Gasteiger partial charge in [0.2, 0.25) is 0 Å². The van der Waals surface area contributed by atoms with E-state index < -0.39 is 0 Å². The van der Waals surface area contributed by atoms with Gasteiger partial charge >= 0.3 is 0 Å². The molecule has 2 bridgehead atoms. The third-order valence-electron chi connectivity index (χ3n) is 5.36. The Morgan fingerprint density at radius 1 is 1.09 bits per heavy atom. The molecule has 0 radical (unpaired) electrons. The fourth-order valence-electron chi connectivity index (χ4n) is 4.27. The van der Waals surface area contributed by atoms with Gasteiger partial charge in [0.1, 0.15) is 5.75 Å². The molecule has 2 aromatic carbocycles. The summed E-state index contributed by atoms with van der Waals surface area (Å²) in [5, 5.41) is 3.83. The molecule has 23 heavy (non-hydrogen) atoms. The van der Waals surface area contributed by atoms with Crippen LogP contribution in [-0.2, 0) is 6.54 Å². The molecule has 2 aliphatic rings. The van der Waals surface area contributed by atoms with Crippen molar-refractivity contribution in [2.45, 2.75) is 25.0 Å². The SMILES string of the molecule is COc1ccccc1CN[C@H]1[C@H]2CCN(C2)[C@@H]1c1ccccc1. The molecular weight excluding hydrogens is 284 g/mol. The fraction of sp³-hybridized carbons (Fsp3) is 0.400. The van der Waals surface area contributed by atoms with E-state index in [1.54, 1.807) is 7.11 Å². The van der Waals surface area contributed by atoms with Crippen LogP contribution in [0.3, 0.4) is 0 Å². The van der Waals surface area contributed by atoms with Gasteiger partial charge < -0.3 is 10.1 Å². The predicted molar refractivity (Wildman–Crippen MR) is 92.5 cm³/mol. The van der Waals surface area contributed by atoms with E-state index in [1.165, 1.54) is 30.6 Å². The normalized spacial score (nSPS) is 28.9. The van der Waals surface area contributed by atoms with Crippen molar-refractivity contribution in [1.82, 2.24) is 10.2 Å². The van der Waals surface area contributed by atoms with Crippen LogP contribution < -0.4 is 10.1 Å². The molecule has 1 unspecified atom stereocenters. The van der Waals surface area contributed by atoms with Gasteiger partial charge in [-0.2, -0.15) is 0 Å². The largest absolute Gasteiger partial charge is 0.496 e. The van der Waals surface area contributed by atoms with Crippen molar-refractivity contribution in [2.75, 3.05) is 20.2 Å². The maximum absolute atomic E-state index is 5.48. The van der Waals surface area contributed by atoms with Gasteiger partial charge in [-0.25, -0.2) is 0 Å². The zero-order valence-electron chi connectivity index (χ0n) is 13.6. The number of fused-ring (bicyclic) bond motifs is 2. The average molecular weight is 308 g/mol. The van der Waals surface area contributed by atoms with E-state index in [1.807, 2.05) is 12.1 Å². The molecule has 0 saturated carbocycles. The molecule has 2 aliphatic heterocycles. The first-order valence-corrected chi connectivity index (χ1v) is 8.51. The highest BCUT2D eigenvalue weighted by Gasteiger charge is 2.46. The molecule has 1 N–H and O–H groups in total. The lowest BCUT2D eigenvalue weighted by Gasteiger charge is -2.33. The Kier molecular flexibility index (Phi) is 4.06. The Bertz CT molecular complexity index is 658. The van der Waals surface area contributed by atoms with Crippen molar-refractivity contribution in [2.24, 2.45) is 5.92 Å². The van der Waals surface area contributed by atoms with Crippen molar-refractivity contribution in [3.63, 3.8) is 0 Å². The van der Waals surface area contributed by atoms with Gasteiger partial charge in [0.25, 0.3) is 0 Å². The maximum atomic E-state index is 5.48. The van der Waals surface area contributed by atoms with E-state index in [4.69, 9.17) is 4.74 Å². The molecule has 0 amide bonds. The van der Waals surface area contributed by atoms with Crippen LogP contribution in [0.4, 0.5) is 0 Å². The van der Waals surface area contributed by atoms with Gasteiger partial charge in [0, 0.05) is 24.7 Å². The van der Waals surface area contributed by atoms with E-state index in [0.717, 1.165) is 18.2 Å². The molecule has 2 saturated heterocycles. The molecule has 120 valence electrons. The third-order valence-corrected chi connectivity index (χ3v) is 5.36. The quantitative estimate of drug-likeness (QED) is 0.918. The highest BCUT2D eigenvalue weighted by molar-refractivity contribution is 5.33.